The molecule has 0 aromatic rings. The molecule has 0 nitrogen and oxygen atoms in total. The number of rotatable bonds is 2. The van der Waals surface area contributed by atoms with Gasteiger partial charge in [0, 0.05) is 7.59 Å². The molecule has 0 aromatic heterocycles. The van der Waals surface area contributed by atoms with Crippen LogP contribution in [0.1, 0.15) is 6.92 Å². The van der Waals surface area contributed by atoms with Gasteiger partial charge in [-0.3, -0.25) is 0 Å². The van der Waals surface area contributed by atoms with Crippen molar-refractivity contribution in [2.24, 2.45) is 0 Å². The van der Waals surface area contributed by atoms with Gasteiger partial charge in [0.2, 0.25) is 0 Å². The molecule has 3 heteroatoms. The predicted molar refractivity (Wildman–Crippen MR) is 69.0 cm³/mol. The lowest BCUT2D eigenvalue weighted by molar-refractivity contribution is 1.76. The normalized spacial score (nSPS) is 13.0. The molecule has 0 N–H and O–H groups in total. The minimum Gasteiger partial charge on any atom is -0.105 e. The van der Waals surface area contributed by atoms with Gasteiger partial charge < -0.3 is 0 Å². The molecule has 0 unspecified atom stereocenters. The second-order valence-corrected chi connectivity index (χ2v) is 25.5. The summed E-state index contributed by atoms with van der Waals surface area (Å²) in [5.74, 6) is 0. The van der Waals surface area contributed by atoms with Crippen LogP contribution in [0.4, 0.5) is 0 Å². The van der Waals surface area contributed by atoms with Crippen LogP contribution in [-0.2, 0) is 0 Å². The lowest BCUT2D eigenvalue weighted by Crippen LogP contribution is -2.59. The summed E-state index contributed by atoms with van der Waals surface area (Å²) < 4.78 is 0. The summed E-state index contributed by atoms with van der Waals surface area (Å²) in [6.45, 7) is 20.1. The molecule has 0 saturated carbocycles. The Morgan fingerprint density at radius 2 is 1.25 bits per heavy atom. The zero-order valence-electron chi connectivity index (χ0n) is 10.0. The van der Waals surface area contributed by atoms with Gasteiger partial charge in [-0.25, -0.2) is 0 Å². The fourth-order valence-corrected chi connectivity index (χ4v) is 16.3. The van der Waals surface area contributed by atoms with Crippen LogP contribution in [0.5, 0.6) is 0 Å². The van der Waals surface area contributed by atoms with Gasteiger partial charge in [0.25, 0.3) is 0 Å². The second kappa shape index (κ2) is 3.72. The van der Waals surface area contributed by atoms with E-state index in [2.05, 4.69) is 52.8 Å². The first-order valence-electron chi connectivity index (χ1n) is 4.75. The van der Waals surface area contributed by atoms with E-state index in [1.165, 1.54) is 0 Å². The maximum atomic E-state index is 2.58. The van der Waals surface area contributed by atoms with Crippen molar-refractivity contribution < 1.29 is 0 Å². The molecule has 0 rings (SSSR count). The van der Waals surface area contributed by atoms with Crippen LogP contribution < -0.4 is 0 Å². The Morgan fingerprint density at radius 1 is 0.917 bits per heavy atom. The van der Waals surface area contributed by atoms with E-state index >= 15 is 0 Å². The molecule has 12 heavy (non-hydrogen) atoms. The van der Waals surface area contributed by atoms with Crippen molar-refractivity contribution in [1.29, 1.82) is 0 Å². The fourth-order valence-electron chi connectivity index (χ4n) is 1.19. The van der Waals surface area contributed by atoms with Gasteiger partial charge >= 0.3 is 0 Å². The van der Waals surface area contributed by atoms with Crippen LogP contribution in [-0.4, -0.2) is 28.4 Å². The Labute approximate surface area is 81.4 Å². The topological polar surface area (TPSA) is 0 Å². The van der Waals surface area contributed by atoms with E-state index in [1.807, 2.05) is 4.79 Å². The predicted octanol–water partition coefficient (Wildman–Crippen LogP) is 3.18. The minimum atomic E-state index is -0.971. The van der Waals surface area contributed by atoms with E-state index in [1.54, 1.807) is 0 Å². The highest BCUT2D eigenvalue weighted by atomic mass is 29.3. The van der Waals surface area contributed by atoms with Crippen molar-refractivity contribution >= 4 is 28.4 Å². The number of hydrogen-bond donors (Lipinski definition) is 0. The maximum absolute atomic E-state index is 2.58. The summed E-state index contributed by atoms with van der Waals surface area (Å²) in [7, 11) is -1.99. The fraction of sp³-hybridized carbons (Fsp3) is 0.889. The lowest BCUT2D eigenvalue weighted by atomic mass is 11.0. The molecule has 0 amide bonds. The van der Waals surface area contributed by atoms with E-state index in [-0.39, 0.29) is 8.41 Å². The van der Waals surface area contributed by atoms with Crippen molar-refractivity contribution in [2.75, 3.05) is 0 Å². The van der Waals surface area contributed by atoms with E-state index in [4.69, 9.17) is 0 Å². The second-order valence-electron chi connectivity index (χ2n) is 5.50. The zero-order valence-corrected chi connectivity index (χ0v) is 13.0. The van der Waals surface area contributed by atoms with Crippen LogP contribution in [0.15, 0.2) is 0 Å². The third-order valence-electron chi connectivity index (χ3n) is 3.56. The first-order valence-corrected chi connectivity index (χ1v) is 14.8. The molecular weight excluding hydrogens is 192 g/mol. The summed E-state index contributed by atoms with van der Waals surface area (Å²) in [6, 6.07) is 0. The summed E-state index contributed by atoms with van der Waals surface area (Å²) in [4.78, 5) is 1.91. The number of hydrogen-bond acceptors (Lipinski definition) is 0. The van der Waals surface area contributed by atoms with Crippen molar-refractivity contribution in [3.63, 3.8) is 0 Å². The van der Waals surface area contributed by atoms with Gasteiger partial charge in [0.05, 0.1) is 7.59 Å². The quantitative estimate of drug-likeness (QED) is 0.622. The molecule has 0 spiro atoms. The summed E-state index contributed by atoms with van der Waals surface area (Å²) >= 11 is 0. The first kappa shape index (κ1) is 12.5. The third kappa shape index (κ3) is 2.50. The monoisotopic (exact) mass is 216 g/mol. The molecule has 0 aliphatic rings. The molecule has 72 valence electrons. The van der Waals surface area contributed by atoms with E-state index < -0.39 is 15.2 Å². The molecule has 0 bridgehead atoms. The summed E-state index contributed by atoms with van der Waals surface area (Å²) in [6.07, 6.45) is 0. The van der Waals surface area contributed by atoms with E-state index in [0.29, 0.717) is 0 Å². The van der Waals surface area contributed by atoms with Crippen molar-refractivity contribution in [3.8, 4) is 0 Å². The zero-order chi connectivity index (χ0) is 10.2. The van der Waals surface area contributed by atoms with E-state index in [9.17, 15) is 0 Å². The Balaban J connectivity index is 5.01. The largest absolute Gasteiger partial charge is 0.105 e. The van der Waals surface area contributed by atoms with Crippen molar-refractivity contribution in [3.05, 3.63) is 0 Å². The van der Waals surface area contributed by atoms with Crippen molar-refractivity contribution in [1.82, 2.24) is 0 Å². The minimum absolute atomic E-state index is 0.139. The molecule has 0 saturated heterocycles. The molecule has 0 heterocycles. The van der Waals surface area contributed by atoms with Crippen LogP contribution in [0.25, 0.3) is 0 Å². The molecule has 0 atom stereocenters. The molecule has 0 aliphatic heterocycles. The van der Waals surface area contributed by atoms with Gasteiger partial charge in [0.1, 0.15) is 0 Å². The maximum Gasteiger partial charge on any atom is 0.0626 e. The van der Waals surface area contributed by atoms with Gasteiger partial charge in [-0.2, -0.15) is 0 Å². The smallest absolute Gasteiger partial charge is 0.0626 e. The van der Waals surface area contributed by atoms with Crippen LogP contribution in [0, 0.1) is 0 Å². The van der Waals surface area contributed by atoms with Crippen LogP contribution >= 0.6 is 0 Å². The molecular formula is C9H24Si3. The highest BCUT2D eigenvalue weighted by Crippen LogP contribution is 2.19. The SMILES string of the molecule is CC(=[Si](C)C)[Si](C)(C)[Si](C)(C)C. The Morgan fingerprint density at radius 3 is 1.33 bits per heavy atom. The Bertz CT molecular complexity index is 192. The first-order chi connectivity index (χ1) is 5.10. The van der Waals surface area contributed by atoms with Crippen LogP contribution in [0.3, 0.4) is 0 Å². The summed E-state index contributed by atoms with van der Waals surface area (Å²) in [5.41, 5.74) is 0. The summed E-state index contributed by atoms with van der Waals surface area (Å²) in [5, 5.41) is 0. The van der Waals surface area contributed by atoms with Crippen LogP contribution in [0.2, 0.25) is 45.8 Å². The molecule has 0 radical (unpaired) electrons. The van der Waals surface area contributed by atoms with E-state index in [0.717, 1.165) is 0 Å². The van der Waals surface area contributed by atoms with Crippen molar-refractivity contribution in [2.45, 2.75) is 52.8 Å². The third-order valence-corrected chi connectivity index (χ3v) is 27.2. The lowest BCUT2D eigenvalue weighted by Gasteiger charge is -2.37. The van der Waals surface area contributed by atoms with Gasteiger partial charge in [-0.05, 0) is 8.41 Å². The highest BCUT2D eigenvalue weighted by Gasteiger charge is 2.37. The molecule has 0 fully saturated rings. The van der Waals surface area contributed by atoms with Gasteiger partial charge in [-0.1, -0.05) is 52.8 Å². The standard InChI is InChI=1S/C9H24Si3/c1-9(10(2)3)12(7,8)11(4,5)6/h1-8H3. The Kier molecular flexibility index (Phi) is 3.88. The molecule has 0 aromatic carbocycles. The van der Waals surface area contributed by atoms with Gasteiger partial charge in [-0.15, -0.1) is 4.79 Å². The average molecular weight is 217 g/mol. The Hall–Kier alpha value is 0.521. The van der Waals surface area contributed by atoms with Gasteiger partial charge in [0.15, 0.2) is 0 Å². The average Bonchev–Trinajstić information content (AvgIpc) is 1.83. The highest BCUT2D eigenvalue weighted by molar-refractivity contribution is 7.54. The molecule has 0 aliphatic carbocycles.